The molecule has 0 unspecified atom stereocenters. The molecule has 2 aromatic rings. The molecule has 2 N–H and O–H groups in total. The van der Waals surface area contributed by atoms with E-state index in [9.17, 15) is 14.7 Å². The first kappa shape index (κ1) is 28.2. The van der Waals surface area contributed by atoms with E-state index >= 15 is 0 Å². The van der Waals surface area contributed by atoms with Gasteiger partial charge in [0.2, 0.25) is 5.91 Å². The lowest BCUT2D eigenvalue weighted by atomic mass is 9.88. The zero-order valence-electron chi connectivity index (χ0n) is 24.0. The first-order valence-corrected chi connectivity index (χ1v) is 15.3. The molecule has 0 spiro atoms. The molecule has 0 radical (unpaired) electrons. The predicted octanol–water partition coefficient (Wildman–Crippen LogP) is 2.60. The van der Waals surface area contributed by atoms with Crippen molar-refractivity contribution < 1.29 is 24.2 Å². The van der Waals surface area contributed by atoms with Crippen LogP contribution in [0.25, 0.3) is 11.1 Å². The number of carbonyl (C=O) groups is 2. The van der Waals surface area contributed by atoms with E-state index in [1.807, 2.05) is 31.4 Å². The molecule has 4 atom stereocenters. The summed E-state index contributed by atoms with van der Waals surface area (Å²) in [7, 11) is 1.87. The maximum Gasteiger partial charge on any atom is 0.258 e. The van der Waals surface area contributed by atoms with Gasteiger partial charge in [-0.3, -0.25) is 19.2 Å². The van der Waals surface area contributed by atoms with Gasteiger partial charge in [0.05, 0.1) is 30.6 Å². The third-order valence-electron chi connectivity index (χ3n) is 9.28. The Morgan fingerprint density at radius 3 is 2.71 bits per heavy atom. The first-order chi connectivity index (χ1) is 19.9. The third kappa shape index (κ3) is 6.44. The normalized spacial score (nSPS) is 28.7. The van der Waals surface area contributed by atoms with Crippen LogP contribution in [-0.4, -0.2) is 100 Å². The van der Waals surface area contributed by atoms with Gasteiger partial charge in [-0.1, -0.05) is 25.3 Å². The van der Waals surface area contributed by atoms with E-state index in [4.69, 9.17) is 9.47 Å². The lowest BCUT2D eigenvalue weighted by Gasteiger charge is -2.42. The predicted molar refractivity (Wildman–Crippen MR) is 154 cm³/mol. The maximum absolute atomic E-state index is 14.1. The van der Waals surface area contributed by atoms with Gasteiger partial charge in [0.25, 0.3) is 5.91 Å². The van der Waals surface area contributed by atoms with Gasteiger partial charge in [-0.15, -0.1) is 0 Å². The second-order valence-corrected chi connectivity index (χ2v) is 12.2. The molecule has 2 amide bonds. The van der Waals surface area contributed by atoms with Gasteiger partial charge in [0.1, 0.15) is 17.9 Å². The number of nitrogens with zero attached hydrogens (tertiary/aromatic N) is 4. The number of aryl methyl sites for hydroxylation is 1. The highest BCUT2D eigenvalue weighted by atomic mass is 16.5. The Labute approximate surface area is 242 Å². The minimum absolute atomic E-state index is 0.0823. The van der Waals surface area contributed by atoms with Crippen LogP contribution in [0, 0.1) is 5.92 Å². The van der Waals surface area contributed by atoms with Crippen molar-refractivity contribution in [3.8, 4) is 16.9 Å². The van der Waals surface area contributed by atoms with Crippen molar-refractivity contribution in [3.63, 3.8) is 0 Å². The molecular formula is C31H43N5O5. The van der Waals surface area contributed by atoms with Crippen LogP contribution in [0.5, 0.6) is 5.75 Å². The summed E-state index contributed by atoms with van der Waals surface area (Å²) in [4.78, 5) is 31.9. The number of hydrogen-bond acceptors (Lipinski definition) is 7. The number of benzene rings is 1. The Bertz CT molecular complexity index is 1230. The van der Waals surface area contributed by atoms with Gasteiger partial charge in [-0.25, -0.2) is 0 Å². The molecule has 222 valence electrons. The van der Waals surface area contributed by atoms with Crippen molar-refractivity contribution in [1.29, 1.82) is 0 Å². The molecule has 1 aliphatic carbocycles. The van der Waals surface area contributed by atoms with Crippen LogP contribution in [0.4, 0.5) is 0 Å². The van der Waals surface area contributed by atoms with E-state index in [-0.39, 0.29) is 24.5 Å². The summed E-state index contributed by atoms with van der Waals surface area (Å²) in [5.41, 5.74) is 2.31. The molecule has 41 heavy (non-hydrogen) atoms. The van der Waals surface area contributed by atoms with E-state index in [0.717, 1.165) is 30.6 Å². The lowest BCUT2D eigenvalue weighted by molar-refractivity contribution is -0.135. The molecule has 1 aromatic carbocycles. The fourth-order valence-corrected chi connectivity index (χ4v) is 6.89. The molecule has 2 bridgehead atoms. The molecule has 4 aliphatic rings. The minimum Gasteiger partial charge on any atom is -0.493 e. The molecule has 4 heterocycles. The summed E-state index contributed by atoms with van der Waals surface area (Å²) in [5, 5.41) is 17.9. The molecule has 10 nitrogen and oxygen atoms in total. The Morgan fingerprint density at radius 2 is 1.90 bits per heavy atom. The average molecular weight is 566 g/mol. The van der Waals surface area contributed by atoms with Crippen LogP contribution >= 0.6 is 0 Å². The quantitative estimate of drug-likeness (QED) is 0.589. The number of piperazine rings is 1. The van der Waals surface area contributed by atoms with Crippen LogP contribution in [0.15, 0.2) is 30.6 Å². The topological polar surface area (TPSA) is 109 Å². The molecular weight excluding hydrogens is 522 g/mol. The number of hydrogen-bond donors (Lipinski definition) is 2. The zero-order chi connectivity index (χ0) is 28.3. The number of rotatable bonds is 3. The fourth-order valence-electron chi connectivity index (χ4n) is 6.89. The number of nitrogens with one attached hydrogen (secondary N) is 1. The second-order valence-electron chi connectivity index (χ2n) is 12.2. The molecule has 1 aromatic heterocycles. The van der Waals surface area contributed by atoms with Crippen molar-refractivity contribution in [2.75, 3.05) is 39.3 Å². The van der Waals surface area contributed by atoms with Crippen molar-refractivity contribution >= 4 is 11.8 Å². The Balaban J connectivity index is 1.30. The number of ether oxygens (including phenoxy) is 2. The molecule has 10 heteroatoms. The monoisotopic (exact) mass is 565 g/mol. The number of aliphatic hydroxyl groups excluding tert-OH is 1. The SMILES string of the molecule is Cn1cc(-c2ccc3c(c2)OCC[C@@H]2CC[C@H](O)[C@@H](CNC(=O)[C@@H]4CN(CC5CCCCC5)CCN4C3=O)O2)cn1. The van der Waals surface area contributed by atoms with Crippen LogP contribution in [0.2, 0.25) is 0 Å². The van der Waals surface area contributed by atoms with Gasteiger partial charge in [-0.05, 0) is 49.3 Å². The fraction of sp³-hybridized carbons (Fsp3) is 0.645. The van der Waals surface area contributed by atoms with Crippen LogP contribution in [0.1, 0.15) is 61.7 Å². The Kier molecular flexibility index (Phi) is 8.60. The first-order valence-electron chi connectivity index (χ1n) is 15.3. The van der Waals surface area contributed by atoms with Crippen LogP contribution in [0.3, 0.4) is 0 Å². The largest absolute Gasteiger partial charge is 0.493 e. The van der Waals surface area contributed by atoms with Gasteiger partial charge in [-0.2, -0.15) is 5.10 Å². The van der Waals surface area contributed by atoms with Gasteiger partial charge in [0.15, 0.2) is 0 Å². The van der Waals surface area contributed by atoms with Gasteiger partial charge >= 0.3 is 0 Å². The molecule has 6 rings (SSSR count). The highest BCUT2D eigenvalue weighted by Gasteiger charge is 2.39. The van der Waals surface area contributed by atoms with E-state index in [1.54, 1.807) is 15.8 Å². The summed E-state index contributed by atoms with van der Waals surface area (Å²) in [6.45, 7) is 3.28. The maximum atomic E-state index is 14.1. The Hall–Kier alpha value is -2.95. The number of aliphatic hydroxyl groups is 1. The highest BCUT2D eigenvalue weighted by Crippen LogP contribution is 2.31. The third-order valence-corrected chi connectivity index (χ3v) is 9.28. The number of aromatic nitrogens is 2. The summed E-state index contributed by atoms with van der Waals surface area (Å²) in [5.74, 6) is 0.764. The standard InChI is InChI=1S/C31H43N5O5/c1-34-19-23(16-33-34)22-7-9-25-28(15-22)40-14-11-24-8-10-27(37)29(41-24)17-32-30(38)26-20-35(12-13-36(26)31(25)39)18-21-5-3-2-4-6-21/h7,9,15-16,19,21,24,26-27,29,37H,2-6,8,10-14,17-18,20H2,1H3,(H,32,38)/t24-,26-,27-,29+/m0/s1. The van der Waals surface area contributed by atoms with Crippen LogP contribution in [-0.2, 0) is 16.6 Å². The van der Waals surface area contributed by atoms with Gasteiger partial charge < -0.3 is 24.8 Å². The summed E-state index contributed by atoms with van der Waals surface area (Å²) in [6.07, 6.45) is 10.8. The van der Waals surface area contributed by atoms with Crippen molar-refractivity contribution in [2.45, 2.75) is 75.7 Å². The summed E-state index contributed by atoms with van der Waals surface area (Å²) < 4.78 is 14.2. The second kappa shape index (κ2) is 12.5. The number of fused-ring (bicyclic) bond motifs is 4. The highest BCUT2D eigenvalue weighted by molar-refractivity contribution is 6.00. The average Bonchev–Trinajstić information content (AvgIpc) is 3.43. The summed E-state index contributed by atoms with van der Waals surface area (Å²) in [6, 6.07) is 5.01. The molecule has 3 fully saturated rings. The number of amides is 2. The lowest BCUT2D eigenvalue weighted by Crippen LogP contribution is -2.62. The van der Waals surface area contributed by atoms with E-state index in [0.29, 0.717) is 49.8 Å². The molecule has 1 saturated carbocycles. The van der Waals surface area contributed by atoms with Crippen molar-refractivity contribution in [1.82, 2.24) is 24.9 Å². The van der Waals surface area contributed by atoms with Gasteiger partial charge in [0, 0.05) is 58.0 Å². The Morgan fingerprint density at radius 1 is 1.05 bits per heavy atom. The van der Waals surface area contributed by atoms with E-state index in [1.165, 1.54) is 32.1 Å². The van der Waals surface area contributed by atoms with Crippen molar-refractivity contribution in [3.05, 3.63) is 36.2 Å². The minimum atomic E-state index is -0.634. The number of carbonyl (C=O) groups excluding carboxylic acids is 2. The molecule has 2 saturated heterocycles. The molecule has 3 aliphatic heterocycles. The van der Waals surface area contributed by atoms with Crippen molar-refractivity contribution in [2.24, 2.45) is 13.0 Å². The van der Waals surface area contributed by atoms with E-state index in [2.05, 4.69) is 15.3 Å². The zero-order valence-corrected chi connectivity index (χ0v) is 24.0. The summed E-state index contributed by atoms with van der Waals surface area (Å²) >= 11 is 0. The van der Waals surface area contributed by atoms with E-state index < -0.39 is 18.2 Å². The van der Waals surface area contributed by atoms with Crippen LogP contribution < -0.4 is 10.1 Å². The smallest absolute Gasteiger partial charge is 0.258 e.